The number of fused-ring (bicyclic) bond motifs is 1. The molecule has 1 aliphatic heterocycles. The summed E-state index contributed by atoms with van der Waals surface area (Å²) in [5.74, 6) is 0.693. The summed E-state index contributed by atoms with van der Waals surface area (Å²) in [6.07, 6.45) is 1.87. The number of hydrogen-bond donors (Lipinski definition) is 3. The Kier molecular flexibility index (Phi) is 10.5. The van der Waals surface area contributed by atoms with Gasteiger partial charge in [0.1, 0.15) is 6.10 Å². The Balaban J connectivity index is 0.00000280. The fraction of sp³-hybridized carbons (Fsp3) is 0.550. The molecule has 0 spiro atoms. The lowest BCUT2D eigenvalue weighted by molar-refractivity contribution is 0.0191. The summed E-state index contributed by atoms with van der Waals surface area (Å²) in [5, 5.41) is 18.1. The fourth-order valence-electron chi connectivity index (χ4n) is 3.01. The van der Waals surface area contributed by atoms with E-state index >= 15 is 0 Å². The number of aliphatic hydroxyl groups is 1. The number of rotatable bonds is 9. The average molecular weight is 519 g/mol. The van der Waals surface area contributed by atoms with E-state index in [0.29, 0.717) is 32.3 Å². The predicted molar refractivity (Wildman–Crippen MR) is 126 cm³/mol. The molecule has 0 bridgehead atoms. The maximum atomic E-state index is 10.5. The van der Waals surface area contributed by atoms with Gasteiger partial charge in [-0.25, -0.2) is 0 Å². The number of aliphatic hydroxyl groups excluding tert-OH is 1. The van der Waals surface area contributed by atoms with Gasteiger partial charge in [0.05, 0.1) is 25.9 Å². The van der Waals surface area contributed by atoms with Gasteiger partial charge in [-0.15, -0.1) is 35.3 Å². The van der Waals surface area contributed by atoms with Crippen molar-refractivity contribution in [1.29, 1.82) is 0 Å². The van der Waals surface area contributed by atoms with Crippen LogP contribution in [0.1, 0.15) is 30.7 Å². The molecule has 2 atom stereocenters. The lowest BCUT2D eigenvalue weighted by atomic mass is 10.2. The molecule has 6 nitrogen and oxygen atoms in total. The molecule has 8 heteroatoms. The second-order valence-corrected chi connectivity index (χ2v) is 7.67. The summed E-state index contributed by atoms with van der Waals surface area (Å²) >= 11 is 1.61. The van der Waals surface area contributed by atoms with Crippen LogP contribution in [0.5, 0.6) is 0 Å². The third kappa shape index (κ3) is 7.14. The van der Waals surface area contributed by atoms with Crippen molar-refractivity contribution in [2.75, 3.05) is 39.5 Å². The summed E-state index contributed by atoms with van der Waals surface area (Å²) < 4.78 is 12.4. The van der Waals surface area contributed by atoms with Crippen molar-refractivity contribution in [3.05, 3.63) is 35.2 Å². The summed E-state index contributed by atoms with van der Waals surface area (Å²) in [6, 6.07) is 10.2. The van der Waals surface area contributed by atoms with Crippen molar-refractivity contribution < 1.29 is 14.6 Å². The Bertz CT molecular complexity index is 701. The van der Waals surface area contributed by atoms with Gasteiger partial charge in [-0.1, -0.05) is 18.2 Å². The molecule has 0 aliphatic carbocycles. The van der Waals surface area contributed by atoms with Gasteiger partial charge in [-0.05, 0) is 37.3 Å². The lowest BCUT2D eigenvalue weighted by Crippen LogP contribution is -2.39. The third-order valence-electron chi connectivity index (χ3n) is 4.41. The predicted octanol–water partition coefficient (Wildman–Crippen LogP) is 3.30. The number of nitrogens with one attached hydrogen (secondary N) is 2. The second-order valence-electron chi connectivity index (χ2n) is 6.56. The van der Waals surface area contributed by atoms with E-state index in [4.69, 9.17) is 9.47 Å². The molecular weight excluding hydrogens is 489 g/mol. The van der Waals surface area contributed by atoms with Crippen LogP contribution in [0.3, 0.4) is 0 Å². The molecule has 0 amide bonds. The highest BCUT2D eigenvalue weighted by Crippen LogP contribution is 2.29. The molecule has 0 saturated carbocycles. The van der Waals surface area contributed by atoms with E-state index in [9.17, 15) is 5.11 Å². The van der Waals surface area contributed by atoms with Gasteiger partial charge < -0.3 is 25.2 Å². The van der Waals surface area contributed by atoms with E-state index in [0.717, 1.165) is 36.3 Å². The molecule has 0 radical (unpaired) electrons. The van der Waals surface area contributed by atoms with E-state index in [1.54, 1.807) is 11.3 Å². The minimum absolute atomic E-state index is 0. The largest absolute Gasteiger partial charge is 0.386 e. The number of nitrogens with zero attached hydrogens (tertiary/aromatic N) is 1. The Labute approximate surface area is 187 Å². The van der Waals surface area contributed by atoms with Crippen LogP contribution in [0, 0.1) is 0 Å². The topological polar surface area (TPSA) is 75.1 Å². The van der Waals surface area contributed by atoms with Gasteiger partial charge in [-0.2, -0.15) is 0 Å². The first-order chi connectivity index (χ1) is 13.3. The maximum absolute atomic E-state index is 10.5. The SMILES string of the molecule is CCNC(=NCC(O)c1cc2ccccc2s1)NCCOCC1CCCO1.I. The second kappa shape index (κ2) is 12.6. The first kappa shape index (κ1) is 23.3. The van der Waals surface area contributed by atoms with E-state index in [-0.39, 0.29) is 30.1 Å². The smallest absolute Gasteiger partial charge is 0.191 e. The Morgan fingerprint density at radius 1 is 1.39 bits per heavy atom. The highest BCUT2D eigenvalue weighted by molar-refractivity contribution is 14.0. The standard InChI is InChI=1S/C20H29N3O3S.HI/c1-2-21-20(22-9-11-25-14-16-7-5-10-26-16)23-13-17(24)19-12-15-6-3-4-8-18(15)27-19;/h3-4,6,8,12,16-17,24H,2,5,7,9-11,13-14H2,1H3,(H2,21,22,23);1H. The summed E-state index contributed by atoms with van der Waals surface area (Å²) in [4.78, 5) is 5.45. The van der Waals surface area contributed by atoms with Crippen LogP contribution in [0.4, 0.5) is 0 Å². The van der Waals surface area contributed by atoms with Crippen LogP contribution < -0.4 is 10.6 Å². The molecule has 28 heavy (non-hydrogen) atoms. The first-order valence-electron chi connectivity index (χ1n) is 9.64. The normalized spacial score (nSPS) is 18.1. The first-order valence-corrected chi connectivity index (χ1v) is 10.5. The van der Waals surface area contributed by atoms with Crippen LogP contribution in [0.15, 0.2) is 35.3 Å². The van der Waals surface area contributed by atoms with Crippen molar-refractivity contribution in [1.82, 2.24) is 10.6 Å². The van der Waals surface area contributed by atoms with E-state index in [1.807, 2.05) is 25.1 Å². The number of guanidine groups is 1. The van der Waals surface area contributed by atoms with Crippen LogP contribution in [-0.4, -0.2) is 56.6 Å². The number of halogens is 1. The average Bonchev–Trinajstić information content (AvgIpc) is 3.34. The van der Waals surface area contributed by atoms with E-state index < -0.39 is 6.10 Å². The molecule has 2 heterocycles. The van der Waals surface area contributed by atoms with Gasteiger partial charge in [0, 0.05) is 29.3 Å². The van der Waals surface area contributed by atoms with Crippen LogP contribution in [0.2, 0.25) is 0 Å². The third-order valence-corrected chi connectivity index (χ3v) is 5.62. The molecule has 2 aromatic rings. The highest BCUT2D eigenvalue weighted by Gasteiger charge is 2.15. The highest BCUT2D eigenvalue weighted by atomic mass is 127. The number of hydrogen-bond acceptors (Lipinski definition) is 5. The molecule has 1 aromatic heterocycles. The Morgan fingerprint density at radius 2 is 2.25 bits per heavy atom. The number of benzene rings is 1. The molecule has 3 N–H and O–H groups in total. The zero-order valence-electron chi connectivity index (χ0n) is 16.2. The zero-order valence-corrected chi connectivity index (χ0v) is 19.4. The maximum Gasteiger partial charge on any atom is 0.191 e. The van der Waals surface area contributed by atoms with Crippen LogP contribution >= 0.6 is 35.3 Å². The van der Waals surface area contributed by atoms with E-state index in [2.05, 4.69) is 27.8 Å². The van der Waals surface area contributed by atoms with Gasteiger partial charge in [0.25, 0.3) is 0 Å². The van der Waals surface area contributed by atoms with E-state index in [1.165, 1.54) is 4.70 Å². The van der Waals surface area contributed by atoms with Gasteiger partial charge >= 0.3 is 0 Å². The molecule has 1 aliphatic rings. The Hall–Kier alpha value is -0.940. The quantitative estimate of drug-likeness (QED) is 0.205. The number of aliphatic imine (C=N–C) groups is 1. The zero-order chi connectivity index (χ0) is 18.9. The summed E-state index contributed by atoms with van der Waals surface area (Å²) in [7, 11) is 0. The van der Waals surface area contributed by atoms with Crippen molar-refractivity contribution in [3.63, 3.8) is 0 Å². The van der Waals surface area contributed by atoms with Gasteiger partial charge in [0.2, 0.25) is 0 Å². The molecule has 156 valence electrons. The molecule has 2 unspecified atom stereocenters. The summed E-state index contributed by atoms with van der Waals surface area (Å²) in [5.41, 5.74) is 0. The number of thiophene rings is 1. The minimum atomic E-state index is -0.603. The van der Waals surface area contributed by atoms with Crippen molar-refractivity contribution in [3.8, 4) is 0 Å². The molecule has 1 aromatic carbocycles. The van der Waals surface area contributed by atoms with Gasteiger partial charge in [-0.3, -0.25) is 4.99 Å². The molecule has 3 rings (SSSR count). The van der Waals surface area contributed by atoms with Crippen LogP contribution in [0.25, 0.3) is 10.1 Å². The van der Waals surface area contributed by atoms with Crippen molar-refractivity contribution in [2.45, 2.75) is 32.0 Å². The van der Waals surface area contributed by atoms with Crippen molar-refractivity contribution >= 4 is 51.4 Å². The van der Waals surface area contributed by atoms with Crippen molar-refractivity contribution in [2.24, 2.45) is 4.99 Å². The fourth-order valence-corrected chi connectivity index (χ4v) is 4.05. The summed E-state index contributed by atoms with van der Waals surface area (Å²) in [6.45, 7) is 5.88. The number of ether oxygens (including phenoxy) is 2. The minimum Gasteiger partial charge on any atom is -0.386 e. The molecule has 1 saturated heterocycles. The molecule has 1 fully saturated rings. The molecular formula is C20H30IN3O3S. The van der Waals surface area contributed by atoms with Crippen LogP contribution in [-0.2, 0) is 9.47 Å². The monoisotopic (exact) mass is 519 g/mol. The lowest BCUT2D eigenvalue weighted by Gasteiger charge is -2.14. The van der Waals surface area contributed by atoms with Gasteiger partial charge in [0.15, 0.2) is 5.96 Å². The Morgan fingerprint density at radius 3 is 3.00 bits per heavy atom.